The van der Waals surface area contributed by atoms with Crippen LogP contribution in [-0.4, -0.2) is 21.4 Å². The van der Waals surface area contributed by atoms with Gasteiger partial charge in [0, 0.05) is 6.07 Å². The highest BCUT2D eigenvalue weighted by Gasteiger charge is 1.98. The van der Waals surface area contributed by atoms with E-state index in [2.05, 4.69) is 10.2 Å². The Balaban J connectivity index is 2.24. The first kappa shape index (κ1) is 9.21. The Hall–Kier alpha value is -2.35. The van der Waals surface area contributed by atoms with Gasteiger partial charge in [-0.1, -0.05) is 6.07 Å². The zero-order chi connectivity index (χ0) is 10.5. The molecule has 1 heterocycles. The van der Waals surface area contributed by atoms with Gasteiger partial charge in [0.1, 0.15) is 24.5 Å². The first-order chi connectivity index (χ1) is 7.40. The fraction of sp³-hybridized carbons (Fsp3) is 0.100. The third-order valence-electron chi connectivity index (χ3n) is 1.84. The molecule has 15 heavy (non-hydrogen) atoms. The smallest absolute Gasteiger partial charge is 0.174 e. The molecule has 0 spiro atoms. The van der Waals surface area contributed by atoms with Gasteiger partial charge in [-0.3, -0.25) is 4.57 Å². The number of rotatable bonds is 3. The third kappa shape index (κ3) is 2.11. The van der Waals surface area contributed by atoms with Crippen molar-refractivity contribution in [3.8, 4) is 17.5 Å². The molecular formula is C10H8N4O. The maximum Gasteiger partial charge on any atom is 0.174 e. The minimum Gasteiger partial charge on any atom is -0.479 e. The molecular weight excluding hydrogens is 192 g/mol. The van der Waals surface area contributed by atoms with E-state index in [0.29, 0.717) is 5.75 Å². The maximum absolute atomic E-state index is 8.38. The second kappa shape index (κ2) is 4.24. The van der Waals surface area contributed by atoms with Crippen molar-refractivity contribution < 1.29 is 4.74 Å². The molecule has 0 bridgehead atoms. The SMILES string of the molecule is N#CCOc1cccc(-n2cnnc2)c1. The van der Waals surface area contributed by atoms with Crippen LogP contribution in [0.3, 0.4) is 0 Å². The molecule has 2 rings (SSSR count). The largest absolute Gasteiger partial charge is 0.479 e. The van der Waals surface area contributed by atoms with Gasteiger partial charge in [0.05, 0.1) is 5.69 Å². The number of nitrogens with zero attached hydrogens (tertiary/aromatic N) is 4. The maximum atomic E-state index is 8.38. The summed E-state index contributed by atoms with van der Waals surface area (Å²) >= 11 is 0. The van der Waals surface area contributed by atoms with E-state index in [4.69, 9.17) is 10.00 Å². The van der Waals surface area contributed by atoms with Gasteiger partial charge in [-0.05, 0) is 12.1 Å². The van der Waals surface area contributed by atoms with Crippen LogP contribution in [-0.2, 0) is 0 Å². The Bertz CT molecular complexity index is 472. The summed E-state index contributed by atoms with van der Waals surface area (Å²) in [6.45, 7) is 0.0473. The Labute approximate surface area is 86.6 Å². The molecule has 0 aliphatic rings. The summed E-state index contributed by atoms with van der Waals surface area (Å²) in [6.07, 6.45) is 3.20. The van der Waals surface area contributed by atoms with Gasteiger partial charge in [-0.2, -0.15) is 5.26 Å². The molecule has 0 fully saturated rings. The van der Waals surface area contributed by atoms with Crippen molar-refractivity contribution in [1.29, 1.82) is 5.26 Å². The van der Waals surface area contributed by atoms with Gasteiger partial charge >= 0.3 is 0 Å². The molecule has 5 nitrogen and oxygen atoms in total. The molecule has 0 atom stereocenters. The Morgan fingerprint density at radius 2 is 2.13 bits per heavy atom. The van der Waals surface area contributed by atoms with Crippen molar-refractivity contribution in [2.45, 2.75) is 0 Å². The van der Waals surface area contributed by atoms with Crippen molar-refractivity contribution in [2.75, 3.05) is 6.61 Å². The highest BCUT2D eigenvalue weighted by atomic mass is 16.5. The number of aromatic nitrogens is 3. The molecule has 0 amide bonds. The lowest BCUT2D eigenvalue weighted by molar-refractivity contribution is 0.368. The quantitative estimate of drug-likeness (QED) is 0.746. The molecule has 0 unspecified atom stereocenters. The van der Waals surface area contributed by atoms with Crippen molar-refractivity contribution >= 4 is 0 Å². The van der Waals surface area contributed by atoms with Gasteiger partial charge < -0.3 is 4.74 Å². The van der Waals surface area contributed by atoms with E-state index in [0.717, 1.165) is 5.69 Å². The molecule has 5 heteroatoms. The normalized spacial score (nSPS) is 9.53. The summed E-state index contributed by atoms with van der Waals surface area (Å²) in [5.41, 5.74) is 0.899. The van der Waals surface area contributed by atoms with E-state index in [-0.39, 0.29) is 6.61 Å². The van der Waals surface area contributed by atoms with E-state index in [1.165, 1.54) is 0 Å². The molecule has 1 aromatic carbocycles. The first-order valence-corrected chi connectivity index (χ1v) is 4.35. The van der Waals surface area contributed by atoms with Crippen LogP contribution in [0.25, 0.3) is 5.69 Å². The van der Waals surface area contributed by atoms with Crippen LogP contribution in [0.1, 0.15) is 0 Å². The minimum absolute atomic E-state index is 0.0473. The molecule has 0 saturated carbocycles. The van der Waals surface area contributed by atoms with Gasteiger partial charge in [0.25, 0.3) is 0 Å². The monoisotopic (exact) mass is 200 g/mol. The third-order valence-corrected chi connectivity index (χ3v) is 1.84. The lowest BCUT2D eigenvalue weighted by Gasteiger charge is -2.04. The van der Waals surface area contributed by atoms with Crippen LogP contribution < -0.4 is 4.74 Å². The van der Waals surface area contributed by atoms with Crippen LogP contribution >= 0.6 is 0 Å². The van der Waals surface area contributed by atoms with Crippen molar-refractivity contribution in [2.24, 2.45) is 0 Å². The number of nitriles is 1. The van der Waals surface area contributed by atoms with Gasteiger partial charge in [-0.25, -0.2) is 0 Å². The molecule has 0 N–H and O–H groups in total. The van der Waals surface area contributed by atoms with Gasteiger partial charge in [0.2, 0.25) is 0 Å². The van der Waals surface area contributed by atoms with Gasteiger partial charge in [-0.15, -0.1) is 10.2 Å². The highest BCUT2D eigenvalue weighted by molar-refractivity contribution is 5.38. The summed E-state index contributed by atoms with van der Waals surface area (Å²) in [5.74, 6) is 0.655. The second-order valence-corrected chi connectivity index (χ2v) is 2.81. The topological polar surface area (TPSA) is 63.7 Å². The molecule has 1 aromatic heterocycles. The van der Waals surface area contributed by atoms with E-state index in [1.54, 1.807) is 23.3 Å². The van der Waals surface area contributed by atoms with E-state index in [1.807, 2.05) is 24.3 Å². The number of ether oxygens (including phenoxy) is 1. The standard InChI is InChI=1S/C10H8N4O/c11-4-5-15-10-3-1-2-9(6-10)14-7-12-13-8-14/h1-3,6-8H,5H2. The number of benzene rings is 1. The minimum atomic E-state index is 0.0473. The first-order valence-electron chi connectivity index (χ1n) is 4.35. The lowest BCUT2D eigenvalue weighted by Crippen LogP contribution is -1.95. The van der Waals surface area contributed by atoms with Crippen LogP contribution in [0.2, 0.25) is 0 Å². The van der Waals surface area contributed by atoms with Crippen LogP contribution in [0.4, 0.5) is 0 Å². The van der Waals surface area contributed by atoms with E-state index < -0.39 is 0 Å². The molecule has 0 saturated heterocycles. The Kier molecular flexibility index (Phi) is 2.61. The summed E-state index contributed by atoms with van der Waals surface area (Å²) < 4.78 is 6.94. The van der Waals surface area contributed by atoms with E-state index in [9.17, 15) is 0 Å². The van der Waals surface area contributed by atoms with Crippen LogP contribution in [0.5, 0.6) is 5.75 Å². The fourth-order valence-electron chi connectivity index (χ4n) is 1.18. The van der Waals surface area contributed by atoms with Gasteiger partial charge in [0.15, 0.2) is 6.61 Å². The average Bonchev–Trinajstić information content (AvgIpc) is 2.80. The van der Waals surface area contributed by atoms with Crippen molar-refractivity contribution in [1.82, 2.24) is 14.8 Å². The van der Waals surface area contributed by atoms with Crippen LogP contribution in [0, 0.1) is 11.3 Å². The van der Waals surface area contributed by atoms with Crippen molar-refractivity contribution in [3.05, 3.63) is 36.9 Å². The predicted molar refractivity (Wildman–Crippen MR) is 52.5 cm³/mol. The summed E-state index contributed by atoms with van der Waals surface area (Å²) in [5, 5.41) is 15.8. The summed E-state index contributed by atoms with van der Waals surface area (Å²) in [4.78, 5) is 0. The second-order valence-electron chi connectivity index (χ2n) is 2.81. The molecule has 2 aromatic rings. The Morgan fingerprint density at radius 3 is 2.87 bits per heavy atom. The zero-order valence-corrected chi connectivity index (χ0v) is 7.87. The van der Waals surface area contributed by atoms with E-state index >= 15 is 0 Å². The lowest BCUT2D eigenvalue weighted by atomic mass is 10.3. The Morgan fingerprint density at radius 1 is 1.33 bits per heavy atom. The molecule has 74 valence electrons. The average molecular weight is 200 g/mol. The van der Waals surface area contributed by atoms with Crippen molar-refractivity contribution in [3.63, 3.8) is 0 Å². The number of hydrogen-bond donors (Lipinski definition) is 0. The summed E-state index contributed by atoms with van der Waals surface area (Å²) in [7, 11) is 0. The molecule has 0 aliphatic heterocycles. The number of hydrogen-bond acceptors (Lipinski definition) is 4. The predicted octanol–water partition coefficient (Wildman–Crippen LogP) is 1.17. The molecule has 0 aliphatic carbocycles. The van der Waals surface area contributed by atoms with Crippen LogP contribution in [0.15, 0.2) is 36.9 Å². The highest BCUT2D eigenvalue weighted by Crippen LogP contribution is 2.15. The fourth-order valence-corrected chi connectivity index (χ4v) is 1.18. The molecule has 0 radical (unpaired) electrons. The summed E-state index contributed by atoms with van der Waals surface area (Å²) in [6, 6.07) is 9.29. The zero-order valence-electron chi connectivity index (χ0n) is 7.87.